The molecule has 2 aromatic rings. The van der Waals surface area contributed by atoms with Crippen molar-refractivity contribution in [3.05, 3.63) is 57.8 Å². The van der Waals surface area contributed by atoms with Crippen molar-refractivity contribution >= 4 is 5.97 Å². The van der Waals surface area contributed by atoms with E-state index in [4.69, 9.17) is 10.2 Å². The second-order valence-electron chi connectivity index (χ2n) is 4.56. The Labute approximate surface area is 119 Å². The quantitative estimate of drug-likeness (QED) is 0.897. The van der Waals surface area contributed by atoms with Gasteiger partial charge in [0.25, 0.3) is 0 Å². The number of aliphatic hydroxyl groups excluding tert-OH is 1. The van der Waals surface area contributed by atoms with Crippen LogP contribution in [0.4, 0.5) is 4.39 Å². The minimum Gasteiger partial charge on any atom is -0.477 e. The Hall–Kier alpha value is -2.47. The fourth-order valence-corrected chi connectivity index (χ4v) is 2.20. The Balaban J connectivity index is 2.76. The van der Waals surface area contributed by atoms with Crippen LogP contribution < -0.4 is 5.43 Å². The summed E-state index contributed by atoms with van der Waals surface area (Å²) in [5.41, 5.74) is 0.150. The van der Waals surface area contributed by atoms with Gasteiger partial charge in [0.2, 0.25) is 5.43 Å². The fraction of sp³-hybridized carbons (Fsp3) is 0.200. The van der Waals surface area contributed by atoms with Gasteiger partial charge in [0.05, 0.1) is 6.61 Å². The summed E-state index contributed by atoms with van der Waals surface area (Å²) < 4.78 is 14.5. The molecule has 0 saturated heterocycles. The van der Waals surface area contributed by atoms with Crippen LogP contribution in [0.2, 0.25) is 0 Å². The lowest BCUT2D eigenvalue weighted by Crippen LogP contribution is -2.23. The maximum absolute atomic E-state index is 13.0. The van der Waals surface area contributed by atoms with Gasteiger partial charge in [-0.2, -0.15) is 0 Å². The number of hydrogen-bond acceptors (Lipinski definition) is 3. The van der Waals surface area contributed by atoms with E-state index in [1.165, 1.54) is 35.0 Å². The average Bonchev–Trinajstić information content (AvgIpc) is 2.44. The summed E-state index contributed by atoms with van der Waals surface area (Å²) in [7, 11) is 0. The fourth-order valence-electron chi connectivity index (χ4n) is 2.20. The molecule has 0 bridgehead atoms. The maximum Gasteiger partial charge on any atom is 0.341 e. The van der Waals surface area contributed by atoms with Gasteiger partial charge in [-0.25, -0.2) is 9.18 Å². The van der Waals surface area contributed by atoms with E-state index in [1.54, 1.807) is 6.92 Å². The van der Waals surface area contributed by atoms with Crippen LogP contribution in [0.15, 0.2) is 35.3 Å². The van der Waals surface area contributed by atoms with Gasteiger partial charge in [-0.15, -0.1) is 0 Å². The molecule has 0 fully saturated rings. The predicted octanol–water partition coefficient (Wildman–Crippen LogP) is 1.65. The first kappa shape index (κ1) is 14.9. The highest BCUT2D eigenvalue weighted by atomic mass is 19.1. The van der Waals surface area contributed by atoms with E-state index in [0.717, 1.165) is 0 Å². The lowest BCUT2D eigenvalue weighted by molar-refractivity contribution is 0.0694. The molecule has 5 nitrogen and oxygen atoms in total. The minimum atomic E-state index is -1.34. The number of hydrogen-bond donors (Lipinski definition) is 2. The summed E-state index contributed by atoms with van der Waals surface area (Å²) >= 11 is 0. The van der Waals surface area contributed by atoms with Gasteiger partial charge in [-0.3, -0.25) is 4.79 Å². The molecular formula is C15H14FNO4. The van der Waals surface area contributed by atoms with Crippen molar-refractivity contribution in [3.8, 4) is 11.1 Å². The monoisotopic (exact) mass is 291 g/mol. The number of carboxylic acids is 1. The largest absolute Gasteiger partial charge is 0.477 e. The zero-order valence-corrected chi connectivity index (χ0v) is 11.3. The molecule has 110 valence electrons. The van der Waals surface area contributed by atoms with Crippen LogP contribution in [0.3, 0.4) is 0 Å². The third-order valence-corrected chi connectivity index (χ3v) is 3.25. The first-order valence-corrected chi connectivity index (χ1v) is 6.30. The second kappa shape index (κ2) is 5.88. The molecule has 0 spiro atoms. The molecule has 1 aromatic heterocycles. The summed E-state index contributed by atoms with van der Waals surface area (Å²) in [6.07, 6.45) is 1.21. The highest BCUT2D eigenvalue weighted by Gasteiger charge is 2.18. The number of aromatic nitrogens is 1. The van der Waals surface area contributed by atoms with E-state index in [1.807, 2.05) is 0 Å². The van der Waals surface area contributed by atoms with Crippen LogP contribution >= 0.6 is 0 Å². The van der Waals surface area contributed by atoms with Gasteiger partial charge in [-0.05, 0) is 24.6 Å². The van der Waals surface area contributed by atoms with E-state index < -0.39 is 17.2 Å². The molecule has 1 aromatic carbocycles. The predicted molar refractivity (Wildman–Crippen MR) is 74.9 cm³/mol. The number of carbonyl (C=O) groups is 1. The number of nitrogens with zero attached hydrogens (tertiary/aromatic N) is 1. The third-order valence-electron chi connectivity index (χ3n) is 3.25. The molecule has 0 aliphatic rings. The summed E-state index contributed by atoms with van der Waals surface area (Å²) in [6.45, 7) is 1.63. The van der Waals surface area contributed by atoms with Crippen molar-refractivity contribution in [2.45, 2.75) is 13.5 Å². The molecule has 1 heterocycles. The molecular weight excluding hydrogens is 277 g/mol. The molecule has 0 aliphatic carbocycles. The molecule has 0 radical (unpaired) electrons. The molecule has 2 N–H and O–H groups in total. The van der Waals surface area contributed by atoms with Crippen LogP contribution in [0.5, 0.6) is 0 Å². The maximum atomic E-state index is 13.0. The van der Waals surface area contributed by atoms with Gasteiger partial charge >= 0.3 is 5.97 Å². The molecule has 6 heteroatoms. The first-order valence-electron chi connectivity index (χ1n) is 6.30. The number of rotatable bonds is 4. The van der Waals surface area contributed by atoms with E-state index in [2.05, 4.69) is 0 Å². The van der Waals surface area contributed by atoms with E-state index in [-0.39, 0.29) is 24.3 Å². The van der Waals surface area contributed by atoms with Crippen LogP contribution in [0, 0.1) is 12.7 Å². The van der Waals surface area contributed by atoms with Crippen molar-refractivity contribution in [3.63, 3.8) is 0 Å². The summed E-state index contributed by atoms with van der Waals surface area (Å²) in [5, 5.41) is 18.2. The number of pyridine rings is 1. The zero-order valence-electron chi connectivity index (χ0n) is 11.3. The summed E-state index contributed by atoms with van der Waals surface area (Å²) in [4.78, 5) is 23.5. The summed E-state index contributed by atoms with van der Waals surface area (Å²) in [5.74, 6) is -1.78. The Morgan fingerprint density at radius 2 is 1.90 bits per heavy atom. The number of halogens is 1. The second-order valence-corrected chi connectivity index (χ2v) is 4.56. The van der Waals surface area contributed by atoms with Crippen LogP contribution in [-0.2, 0) is 6.54 Å². The molecule has 0 atom stereocenters. The van der Waals surface area contributed by atoms with Gasteiger partial charge < -0.3 is 14.8 Å². The van der Waals surface area contributed by atoms with Gasteiger partial charge in [0.15, 0.2) is 0 Å². The highest BCUT2D eigenvalue weighted by Crippen LogP contribution is 2.21. The van der Waals surface area contributed by atoms with Crippen molar-refractivity contribution in [1.82, 2.24) is 4.57 Å². The van der Waals surface area contributed by atoms with Gasteiger partial charge in [0.1, 0.15) is 11.4 Å². The lowest BCUT2D eigenvalue weighted by Gasteiger charge is -2.15. The van der Waals surface area contributed by atoms with Crippen LogP contribution in [0.1, 0.15) is 16.1 Å². The van der Waals surface area contributed by atoms with Gasteiger partial charge in [-0.1, -0.05) is 12.1 Å². The van der Waals surface area contributed by atoms with Crippen molar-refractivity contribution in [1.29, 1.82) is 0 Å². The molecule has 21 heavy (non-hydrogen) atoms. The third kappa shape index (κ3) is 2.85. The van der Waals surface area contributed by atoms with Crippen LogP contribution in [-0.4, -0.2) is 27.4 Å². The number of aromatic carboxylic acids is 1. The van der Waals surface area contributed by atoms with Crippen molar-refractivity contribution in [2.75, 3.05) is 6.61 Å². The van der Waals surface area contributed by atoms with Crippen molar-refractivity contribution < 1.29 is 19.4 Å². The first-order chi connectivity index (χ1) is 9.95. The van der Waals surface area contributed by atoms with E-state index in [0.29, 0.717) is 11.3 Å². The minimum absolute atomic E-state index is 0.167. The Bertz CT molecular complexity index is 735. The SMILES string of the molecule is Cc1c(-c2ccc(F)cc2)c(=O)c(C(=O)O)cn1CCO. The summed E-state index contributed by atoms with van der Waals surface area (Å²) in [6, 6.07) is 5.26. The molecule has 2 rings (SSSR count). The highest BCUT2D eigenvalue weighted by molar-refractivity contribution is 5.89. The topological polar surface area (TPSA) is 79.5 Å². The molecule has 0 unspecified atom stereocenters. The Kier molecular flexibility index (Phi) is 4.18. The average molecular weight is 291 g/mol. The van der Waals surface area contributed by atoms with E-state index in [9.17, 15) is 14.0 Å². The number of carboxylic acid groups (broad SMARTS) is 1. The van der Waals surface area contributed by atoms with Crippen molar-refractivity contribution in [2.24, 2.45) is 0 Å². The van der Waals surface area contributed by atoms with Gasteiger partial charge in [0, 0.05) is 24.0 Å². The lowest BCUT2D eigenvalue weighted by atomic mass is 10.0. The standard InChI is InChI=1S/C15H14FNO4/c1-9-13(10-2-4-11(16)5-3-10)14(19)12(15(20)21)8-17(9)6-7-18/h2-5,8,18H,6-7H2,1H3,(H,20,21). The Morgan fingerprint density at radius 1 is 1.29 bits per heavy atom. The molecule has 0 amide bonds. The molecule has 0 saturated carbocycles. The number of benzene rings is 1. The Morgan fingerprint density at radius 3 is 2.43 bits per heavy atom. The molecule has 0 aliphatic heterocycles. The number of aliphatic hydroxyl groups is 1. The zero-order chi connectivity index (χ0) is 15.6. The van der Waals surface area contributed by atoms with E-state index >= 15 is 0 Å². The normalized spacial score (nSPS) is 10.6. The van der Waals surface area contributed by atoms with Crippen LogP contribution in [0.25, 0.3) is 11.1 Å². The smallest absolute Gasteiger partial charge is 0.341 e.